The molecule has 0 radical (unpaired) electrons. The summed E-state index contributed by atoms with van der Waals surface area (Å²) in [4.78, 5) is 12.1. The first kappa shape index (κ1) is 17.0. The summed E-state index contributed by atoms with van der Waals surface area (Å²) in [6, 6.07) is 10.5. The molecule has 22 heavy (non-hydrogen) atoms. The number of rotatable bonds is 7. The second-order valence-corrected chi connectivity index (χ2v) is 6.95. The van der Waals surface area contributed by atoms with Gasteiger partial charge in [0.15, 0.2) is 0 Å². The minimum Gasteiger partial charge on any atom is -0.337 e. The van der Waals surface area contributed by atoms with Crippen molar-refractivity contribution in [1.29, 1.82) is 5.26 Å². The number of hydrogen-bond donors (Lipinski definition) is 2. The van der Waals surface area contributed by atoms with Gasteiger partial charge in [-0.3, -0.25) is 4.79 Å². The van der Waals surface area contributed by atoms with Crippen molar-refractivity contribution in [3.05, 3.63) is 34.3 Å². The second-order valence-electron chi connectivity index (χ2n) is 6.03. The van der Waals surface area contributed by atoms with E-state index in [9.17, 15) is 10.1 Å². The van der Waals surface area contributed by atoms with Crippen LogP contribution in [0.4, 0.5) is 0 Å². The molecule has 2 rings (SSSR count). The zero-order chi connectivity index (χ0) is 16.2. The summed E-state index contributed by atoms with van der Waals surface area (Å²) in [7, 11) is 0. The first-order chi connectivity index (χ1) is 10.5. The molecule has 1 aromatic carbocycles. The van der Waals surface area contributed by atoms with Crippen LogP contribution in [0.25, 0.3) is 0 Å². The van der Waals surface area contributed by atoms with Crippen LogP contribution >= 0.6 is 15.9 Å². The van der Waals surface area contributed by atoms with Crippen LogP contribution in [0.15, 0.2) is 28.7 Å². The van der Waals surface area contributed by atoms with Gasteiger partial charge < -0.3 is 10.6 Å². The van der Waals surface area contributed by atoms with Crippen molar-refractivity contribution in [3.63, 3.8) is 0 Å². The minimum absolute atomic E-state index is 0.119. The standard InChI is InChI=1S/C17H22BrN3O/c1-3-15(12-4-8-14(18)9-5-12)20-10-16(22)21-17(2,11-19)13-6-7-13/h4-5,8-9,13,15,20H,3,6-7,10H2,1-2H3,(H,21,22)/t15-,17-/m0/s1. The molecule has 0 unspecified atom stereocenters. The van der Waals surface area contributed by atoms with Gasteiger partial charge in [-0.25, -0.2) is 0 Å². The fourth-order valence-electron chi connectivity index (χ4n) is 2.62. The SMILES string of the molecule is CC[C@H](NCC(=O)N[C@@](C)(C#N)C1CC1)c1ccc(Br)cc1. The summed E-state index contributed by atoms with van der Waals surface area (Å²) in [6.45, 7) is 4.12. The molecule has 1 aliphatic carbocycles. The molecule has 1 aromatic rings. The lowest BCUT2D eigenvalue weighted by atomic mass is 9.98. The normalized spacial score (nSPS) is 18.1. The predicted molar refractivity (Wildman–Crippen MR) is 90.1 cm³/mol. The van der Waals surface area contributed by atoms with E-state index in [1.807, 2.05) is 31.2 Å². The van der Waals surface area contributed by atoms with E-state index in [4.69, 9.17) is 0 Å². The Hall–Kier alpha value is -1.38. The first-order valence-corrected chi connectivity index (χ1v) is 8.49. The monoisotopic (exact) mass is 363 g/mol. The van der Waals surface area contributed by atoms with Gasteiger partial charge in [0, 0.05) is 10.5 Å². The lowest BCUT2D eigenvalue weighted by Crippen LogP contribution is -2.49. The van der Waals surface area contributed by atoms with Gasteiger partial charge >= 0.3 is 0 Å². The first-order valence-electron chi connectivity index (χ1n) is 7.69. The second kappa shape index (κ2) is 7.26. The molecule has 0 aliphatic heterocycles. The highest BCUT2D eigenvalue weighted by atomic mass is 79.9. The van der Waals surface area contributed by atoms with Crippen molar-refractivity contribution in [2.24, 2.45) is 5.92 Å². The number of hydrogen-bond acceptors (Lipinski definition) is 3. The summed E-state index contributed by atoms with van der Waals surface area (Å²) in [5.74, 6) is 0.182. The summed E-state index contributed by atoms with van der Waals surface area (Å²) in [5.41, 5.74) is 0.432. The number of nitrogens with zero attached hydrogens (tertiary/aromatic N) is 1. The Morgan fingerprint density at radius 2 is 2.09 bits per heavy atom. The Bertz CT molecular complexity index is 562. The molecular weight excluding hydrogens is 342 g/mol. The Balaban J connectivity index is 1.89. The third-order valence-electron chi connectivity index (χ3n) is 4.21. The van der Waals surface area contributed by atoms with Gasteiger partial charge in [-0.2, -0.15) is 5.26 Å². The Labute approximate surface area is 140 Å². The molecule has 0 spiro atoms. The van der Waals surface area contributed by atoms with E-state index in [-0.39, 0.29) is 18.5 Å². The largest absolute Gasteiger partial charge is 0.337 e. The Morgan fingerprint density at radius 1 is 1.45 bits per heavy atom. The highest BCUT2D eigenvalue weighted by molar-refractivity contribution is 9.10. The smallest absolute Gasteiger partial charge is 0.235 e. The van der Waals surface area contributed by atoms with Gasteiger partial charge in [-0.1, -0.05) is 35.0 Å². The summed E-state index contributed by atoms with van der Waals surface area (Å²) < 4.78 is 1.04. The van der Waals surface area contributed by atoms with Gasteiger partial charge in [0.05, 0.1) is 12.6 Å². The van der Waals surface area contributed by atoms with E-state index in [1.54, 1.807) is 0 Å². The van der Waals surface area contributed by atoms with Crippen LogP contribution in [0.5, 0.6) is 0 Å². The molecule has 0 bridgehead atoms. The molecule has 1 aliphatic rings. The summed E-state index contributed by atoms with van der Waals surface area (Å²) in [5, 5.41) is 15.4. The fourth-order valence-corrected chi connectivity index (χ4v) is 2.89. The van der Waals surface area contributed by atoms with Crippen LogP contribution in [0, 0.1) is 17.2 Å². The predicted octanol–water partition coefficient (Wildman–Crippen LogP) is 3.30. The number of halogens is 1. The van der Waals surface area contributed by atoms with E-state index in [1.165, 1.54) is 0 Å². The molecule has 1 saturated carbocycles. The molecular formula is C17H22BrN3O. The van der Waals surface area contributed by atoms with Crippen molar-refractivity contribution in [2.75, 3.05) is 6.54 Å². The number of amides is 1. The highest BCUT2D eigenvalue weighted by Crippen LogP contribution is 2.39. The van der Waals surface area contributed by atoms with E-state index >= 15 is 0 Å². The van der Waals surface area contributed by atoms with Crippen LogP contribution in [-0.2, 0) is 4.79 Å². The number of benzene rings is 1. The van der Waals surface area contributed by atoms with E-state index < -0.39 is 5.54 Å². The minimum atomic E-state index is -0.724. The van der Waals surface area contributed by atoms with Crippen molar-refractivity contribution in [3.8, 4) is 6.07 Å². The topological polar surface area (TPSA) is 64.9 Å². The maximum absolute atomic E-state index is 12.1. The number of carbonyl (C=O) groups excluding carboxylic acids is 1. The van der Waals surface area contributed by atoms with Crippen LogP contribution < -0.4 is 10.6 Å². The molecule has 0 heterocycles. The zero-order valence-corrected chi connectivity index (χ0v) is 14.6. The van der Waals surface area contributed by atoms with Crippen LogP contribution in [0.2, 0.25) is 0 Å². The van der Waals surface area contributed by atoms with Gasteiger partial charge in [-0.05, 0) is 49.8 Å². The van der Waals surface area contributed by atoms with Gasteiger partial charge in [-0.15, -0.1) is 0 Å². The van der Waals surface area contributed by atoms with E-state index in [0.29, 0.717) is 5.92 Å². The van der Waals surface area contributed by atoms with E-state index in [2.05, 4.69) is 39.6 Å². The molecule has 118 valence electrons. The lowest BCUT2D eigenvalue weighted by molar-refractivity contribution is -0.121. The fraction of sp³-hybridized carbons (Fsp3) is 0.529. The quantitative estimate of drug-likeness (QED) is 0.780. The van der Waals surface area contributed by atoms with Crippen LogP contribution in [0.3, 0.4) is 0 Å². The lowest BCUT2D eigenvalue weighted by Gasteiger charge is -2.24. The highest BCUT2D eigenvalue weighted by Gasteiger charge is 2.42. The summed E-state index contributed by atoms with van der Waals surface area (Å²) >= 11 is 3.42. The third kappa shape index (κ3) is 4.31. The van der Waals surface area contributed by atoms with Crippen LogP contribution in [-0.4, -0.2) is 18.0 Å². The number of nitriles is 1. The molecule has 0 saturated heterocycles. The van der Waals surface area contributed by atoms with Crippen molar-refractivity contribution < 1.29 is 4.79 Å². The number of carbonyl (C=O) groups is 1. The molecule has 0 aromatic heterocycles. The number of nitrogens with one attached hydrogen (secondary N) is 2. The Morgan fingerprint density at radius 3 is 2.59 bits per heavy atom. The van der Waals surface area contributed by atoms with Gasteiger partial charge in [0.2, 0.25) is 5.91 Å². The average Bonchev–Trinajstić information content (AvgIpc) is 3.34. The van der Waals surface area contributed by atoms with Crippen molar-refractivity contribution >= 4 is 21.8 Å². The molecule has 4 nitrogen and oxygen atoms in total. The molecule has 5 heteroatoms. The van der Waals surface area contributed by atoms with Gasteiger partial charge in [0.1, 0.15) is 5.54 Å². The molecule has 1 amide bonds. The Kier molecular flexibility index (Phi) is 5.60. The maximum atomic E-state index is 12.1. The third-order valence-corrected chi connectivity index (χ3v) is 4.74. The van der Waals surface area contributed by atoms with Crippen molar-refractivity contribution in [2.45, 2.75) is 44.7 Å². The molecule has 2 atom stereocenters. The molecule has 2 N–H and O–H groups in total. The van der Waals surface area contributed by atoms with Crippen molar-refractivity contribution in [1.82, 2.24) is 10.6 Å². The zero-order valence-electron chi connectivity index (χ0n) is 13.0. The average molecular weight is 364 g/mol. The van der Waals surface area contributed by atoms with Gasteiger partial charge in [0.25, 0.3) is 0 Å². The summed E-state index contributed by atoms with van der Waals surface area (Å²) in [6.07, 6.45) is 2.94. The van der Waals surface area contributed by atoms with Crippen LogP contribution in [0.1, 0.15) is 44.7 Å². The maximum Gasteiger partial charge on any atom is 0.235 e. The van der Waals surface area contributed by atoms with E-state index in [0.717, 1.165) is 29.3 Å². The molecule has 1 fully saturated rings.